The Hall–Kier alpha value is -1.80. The third-order valence-corrected chi connectivity index (χ3v) is 3.86. The number of hydrogen-bond acceptors (Lipinski definition) is 6. The molecule has 1 aliphatic rings. The first-order valence-electron chi connectivity index (χ1n) is 6.05. The predicted molar refractivity (Wildman–Crippen MR) is 68.3 cm³/mol. The monoisotopic (exact) mass is 279 g/mol. The summed E-state index contributed by atoms with van der Waals surface area (Å²) in [6.45, 7) is 1.33. The highest BCUT2D eigenvalue weighted by molar-refractivity contribution is 7.12. The molecule has 1 fully saturated rings. The number of tetrazole rings is 1. The Balaban J connectivity index is 1.68. The molecule has 100 valence electrons. The molecular weight excluding hydrogens is 266 g/mol. The minimum atomic E-state index is -0.115. The lowest BCUT2D eigenvalue weighted by molar-refractivity contribution is 0.0861. The van der Waals surface area contributed by atoms with Gasteiger partial charge in [-0.15, -0.1) is 16.4 Å². The second-order valence-corrected chi connectivity index (χ2v) is 5.15. The lowest BCUT2D eigenvalue weighted by atomic mass is 10.2. The van der Waals surface area contributed by atoms with E-state index in [2.05, 4.69) is 20.8 Å². The number of carbonyl (C=O) groups is 1. The molecule has 2 aromatic rings. The average Bonchev–Trinajstić information content (AvgIpc) is 3.14. The number of hydrogen-bond donors (Lipinski definition) is 1. The maximum atomic E-state index is 12.1. The number of thiophene rings is 1. The molecular formula is C11H13N5O2S. The molecule has 0 spiro atoms. The first-order valence-corrected chi connectivity index (χ1v) is 6.93. The fourth-order valence-electron chi connectivity index (χ4n) is 2.02. The van der Waals surface area contributed by atoms with Crippen LogP contribution in [0, 0.1) is 0 Å². The van der Waals surface area contributed by atoms with Crippen molar-refractivity contribution in [2.24, 2.45) is 0 Å². The van der Waals surface area contributed by atoms with Crippen LogP contribution < -0.4 is 5.32 Å². The van der Waals surface area contributed by atoms with Crippen LogP contribution in [0.2, 0.25) is 0 Å². The Labute approximate surface area is 113 Å². The van der Waals surface area contributed by atoms with Gasteiger partial charge in [0.1, 0.15) is 11.2 Å². The lowest BCUT2D eigenvalue weighted by Gasteiger charge is -2.10. The van der Waals surface area contributed by atoms with Gasteiger partial charge in [0, 0.05) is 13.2 Å². The molecule has 1 N–H and O–H groups in total. The summed E-state index contributed by atoms with van der Waals surface area (Å²) in [5.74, 6) is -0.115. The van der Waals surface area contributed by atoms with Crippen LogP contribution >= 0.6 is 11.3 Å². The van der Waals surface area contributed by atoms with Crippen molar-refractivity contribution in [3.63, 3.8) is 0 Å². The Bertz CT molecular complexity index is 547. The first-order chi connectivity index (χ1) is 9.34. The van der Waals surface area contributed by atoms with Gasteiger partial charge < -0.3 is 10.1 Å². The van der Waals surface area contributed by atoms with Crippen molar-refractivity contribution in [3.8, 4) is 5.69 Å². The summed E-state index contributed by atoms with van der Waals surface area (Å²) < 4.78 is 6.96. The summed E-state index contributed by atoms with van der Waals surface area (Å²) in [5, 5.41) is 15.7. The van der Waals surface area contributed by atoms with Crippen LogP contribution in [0.5, 0.6) is 0 Å². The Morgan fingerprint density at radius 2 is 2.58 bits per heavy atom. The van der Waals surface area contributed by atoms with Gasteiger partial charge in [-0.3, -0.25) is 4.79 Å². The zero-order valence-corrected chi connectivity index (χ0v) is 11.0. The van der Waals surface area contributed by atoms with E-state index in [9.17, 15) is 4.79 Å². The van der Waals surface area contributed by atoms with Gasteiger partial charge in [-0.1, -0.05) is 0 Å². The molecule has 3 rings (SSSR count). The normalized spacial score (nSPS) is 18.6. The molecule has 1 amide bonds. The van der Waals surface area contributed by atoms with E-state index in [4.69, 9.17) is 4.74 Å². The highest BCUT2D eigenvalue weighted by Crippen LogP contribution is 2.20. The standard InChI is InChI=1S/C11H13N5O2S/c17-11(12-6-8-2-1-4-18-8)10-9(3-5-19-10)16-7-13-14-15-16/h3,5,7-8H,1-2,4,6H2,(H,12,17). The van der Waals surface area contributed by atoms with Crippen LogP contribution in [-0.4, -0.2) is 45.4 Å². The van der Waals surface area contributed by atoms with Crippen LogP contribution in [0.1, 0.15) is 22.5 Å². The van der Waals surface area contributed by atoms with Gasteiger partial charge in [-0.2, -0.15) is 4.68 Å². The molecule has 1 atom stereocenters. The molecule has 1 unspecified atom stereocenters. The summed E-state index contributed by atoms with van der Waals surface area (Å²) in [7, 11) is 0. The zero-order chi connectivity index (χ0) is 13.1. The average molecular weight is 279 g/mol. The molecule has 19 heavy (non-hydrogen) atoms. The molecule has 1 saturated heterocycles. The zero-order valence-electron chi connectivity index (χ0n) is 10.2. The number of nitrogens with zero attached hydrogens (tertiary/aromatic N) is 4. The predicted octanol–water partition coefficient (Wildman–Crippen LogP) is 0.633. The van der Waals surface area contributed by atoms with Crippen LogP contribution in [0.4, 0.5) is 0 Å². The second kappa shape index (κ2) is 5.45. The summed E-state index contributed by atoms with van der Waals surface area (Å²) in [6.07, 6.45) is 3.68. The minimum absolute atomic E-state index is 0.115. The molecule has 2 aromatic heterocycles. The number of aromatic nitrogens is 4. The first kappa shape index (κ1) is 12.2. The minimum Gasteiger partial charge on any atom is -0.376 e. The number of nitrogens with one attached hydrogen (secondary N) is 1. The van der Waals surface area contributed by atoms with Gasteiger partial charge in [0.15, 0.2) is 0 Å². The number of rotatable bonds is 4. The summed E-state index contributed by atoms with van der Waals surface area (Å²) in [6, 6.07) is 1.82. The molecule has 8 heteroatoms. The molecule has 0 radical (unpaired) electrons. The quantitative estimate of drug-likeness (QED) is 0.887. The van der Waals surface area contributed by atoms with Crippen molar-refractivity contribution in [2.75, 3.05) is 13.2 Å². The summed E-state index contributed by atoms with van der Waals surface area (Å²) >= 11 is 1.37. The van der Waals surface area contributed by atoms with Crippen molar-refractivity contribution in [1.29, 1.82) is 0 Å². The molecule has 7 nitrogen and oxygen atoms in total. The van der Waals surface area contributed by atoms with E-state index in [1.165, 1.54) is 22.3 Å². The van der Waals surface area contributed by atoms with Crippen LogP contribution in [0.15, 0.2) is 17.8 Å². The Kier molecular flexibility index (Phi) is 3.51. The van der Waals surface area contributed by atoms with E-state index < -0.39 is 0 Å². The highest BCUT2D eigenvalue weighted by atomic mass is 32.1. The maximum absolute atomic E-state index is 12.1. The van der Waals surface area contributed by atoms with Gasteiger partial charge in [0.2, 0.25) is 0 Å². The van der Waals surface area contributed by atoms with E-state index >= 15 is 0 Å². The number of amides is 1. The third kappa shape index (κ3) is 2.64. The van der Waals surface area contributed by atoms with Crippen LogP contribution in [0.25, 0.3) is 5.69 Å². The van der Waals surface area contributed by atoms with E-state index in [0.717, 1.165) is 19.4 Å². The van der Waals surface area contributed by atoms with Crippen molar-refractivity contribution in [3.05, 3.63) is 22.7 Å². The van der Waals surface area contributed by atoms with Gasteiger partial charge in [0.25, 0.3) is 5.91 Å². The lowest BCUT2D eigenvalue weighted by Crippen LogP contribution is -2.31. The van der Waals surface area contributed by atoms with Crippen molar-refractivity contribution >= 4 is 17.2 Å². The van der Waals surface area contributed by atoms with Crippen LogP contribution in [0.3, 0.4) is 0 Å². The van der Waals surface area contributed by atoms with E-state index in [-0.39, 0.29) is 12.0 Å². The van der Waals surface area contributed by atoms with E-state index in [1.807, 2.05) is 11.4 Å². The summed E-state index contributed by atoms with van der Waals surface area (Å²) in [5.41, 5.74) is 0.694. The van der Waals surface area contributed by atoms with Gasteiger partial charge in [-0.25, -0.2) is 0 Å². The van der Waals surface area contributed by atoms with Crippen LogP contribution in [-0.2, 0) is 4.74 Å². The topological polar surface area (TPSA) is 81.9 Å². The van der Waals surface area contributed by atoms with Gasteiger partial charge >= 0.3 is 0 Å². The smallest absolute Gasteiger partial charge is 0.263 e. The number of ether oxygens (including phenoxy) is 1. The molecule has 3 heterocycles. The largest absolute Gasteiger partial charge is 0.376 e. The summed E-state index contributed by atoms with van der Waals surface area (Å²) in [4.78, 5) is 12.7. The van der Waals surface area contributed by atoms with Crippen molar-refractivity contribution in [2.45, 2.75) is 18.9 Å². The molecule has 0 saturated carbocycles. The molecule has 1 aliphatic heterocycles. The molecule has 0 aromatic carbocycles. The Morgan fingerprint density at radius 1 is 1.63 bits per heavy atom. The van der Waals surface area contributed by atoms with Gasteiger partial charge in [0.05, 0.1) is 11.8 Å². The third-order valence-electron chi connectivity index (χ3n) is 2.96. The van der Waals surface area contributed by atoms with Crippen molar-refractivity contribution in [1.82, 2.24) is 25.5 Å². The highest BCUT2D eigenvalue weighted by Gasteiger charge is 2.19. The SMILES string of the molecule is O=C(NCC1CCCO1)c1sccc1-n1cnnn1. The molecule has 0 aliphatic carbocycles. The van der Waals surface area contributed by atoms with Crippen molar-refractivity contribution < 1.29 is 9.53 Å². The fraction of sp³-hybridized carbons (Fsp3) is 0.455. The Morgan fingerprint density at radius 3 is 3.32 bits per heavy atom. The number of carbonyl (C=O) groups excluding carboxylic acids is 1. The fourth-order valence-corrected chi connectivity index (χ4v) is 2.81. The van der Waals surface area contributed by atoms with E-state index in [1.54, 1.807) is 0 Å². The van der Waals surface area contributed by atoms with Gasteiger partial charge in [-0.05, 0) is 34.7 Å². The maximum Gasteiger partial charge on any atom is 0.263 e. The van der Waals surface area contributed by atoms with E-state index in [0.29, 0.717) is 17.1 Å². The second-order valence-electron chi connectivity index (χ2n) is 4.23. The molecule has 0 bridgehead atoms.